The molecule has 0 aliphatic heterocycles. The summed E-state index contributed by atoms with van der Waals surface area (Å²) in [4.78, 5) is 32.8. The molecule has 0 aliphatic rings. The number of aryl methyl sites for hydroxylation is 1. The zero-order chi connectivity index (χ0) is 25.9. The lowest BCUT2D eigenvalue weighted by molar-refractivity contribution is 0.102. The molecular weight excluding hydrogens is 502 g/mol. The number of anilines is 4. The van der Waals surface area contributed by atoms with E-state index in [1.807, 2.05) is 60.8 Å². The maximum atomic E-state index is 13.0. The van der Waals surface area contributed by atoms with Crippen molar-refractivity contribution in [3.05, 3.63) is 83.3 Å². The Morgan fingerprint density at radius 2 is 1.84 bits per heavy atom. The first-order valence-electron chi connectivity index (χ1n) is 11.7. The summed E-state index contributed by atoms with van der Waals surface area (Å²) >= 11 is 2.96. The molecule has 3 aromatic heterocycles. The molecule has 10 heteroatoms. The fourth-order valence-electron chi connectivity index (χ4n) is 3.61. The van der Waals surface area contributed by atoms with Crippen molar-refractivity contribution in [2.45, 2.75) is 36.5 Å². The van der Waals surface area contributed by atoms with Gasteiger partial charge in [0.15, 0.2) is 10.8 Å². The van der Waals surface area contributed by atoms with Crippen molar-refractivity contribution in [2.24, 2.45) is 0 Å². The number of aromatic nitrogens is 4. The van der Waals surface area contributed by atoms with Gasteiger partial charge in [-0.2, -0.15) is 0 Å². The van der Waals surface area contributed by atoms with Gasteiger partial charge in [-0.3, -0.25) is 10.1 Å². The van der Waals surface area contributed by atoms with Crippen LogP contribution in [0.15, 0.2) is 76.1 Å². The monoisotopic (exact) mass is 527 g/mol. The fourth-order valence-corrected chi connectivity index (χ4v) is 5.17. The molecule has 0 spiro atoms. The number of fused-ring (bicyclic) bond motifs is 1. The highest BCUT2D eigenvalue weighted by atomic mass is 32.2. The molecule has 1 amide bonds. The first kappa shape index (κ1) is 24.7. The number of hydrogen-bond donors (Lipinski definition) is 3. The predicted molar refractivity (Wildman–Crippen MR) is 151 cm³/mol. The first-order valence-corrected chi connectivity index (χ1v) is 13.3. The third kappa shape index (κ3) is 5.71. The lowest BCUT2D eigenvalue weighted by Crippen LogP contribution is -2.12. The summed E-state index contributed by atoms with van der Waals surface area (Å²) in [5.41, 5.74) is 10.2. The van der Waals surface area contributed by atoms with Crippen LogP contribution in [-0.4, -0.2) is 25.8 Å². The SMILES string of the molecule is Cc1csc(NC(=O)c2ccc(Sc3ccc(N)cc3)c(Nc3ncnc4nc(C(C)C)ccc34)c2)n1. The average molecular weight is 528 g/mol. The molecule has 4 N–H and O–H groups in total. The Bertz CT molecular complexity index is 1580. The Kier molecular flexibility index (Phi) is 7.02. The molecule has 0 saturated carbocycles. The number of thiazole rings is 1. The molecule has 0 atom stereocenters. The van der Waals surface area contributed by atoms with Crippen LogP contribution in [0, 0.1) is 6.92 Å². The maximum Gasteiger partial charge on any atom is 0.257 e. The van der Waals surface area contributed by atoms with Gasteiger partial charge in [-0.25, -0.2) is 19.9 Å². The normalized spacial score (nSPS) is 11.1. The molecule has 0 fully saturated rings. The summed E-state index contributed by atoms with van der Waals surface area (Å²) in [6.07, 6.45) is 1.50. The van der Waals surface area contributed by atoms with E-state index in [0.29, 0.717) is 27.8 Å². The second-order valence-electron chi connectivity index (χ2n) is 8.74. The van der Waals surface area contributed by atoms with Gasteiger partial charge >= 0.3 is 0 Å². The van der Waals surface area contributed by atoms with Crippen LogP contribution >= 0.6 is 23.1 Å². The van der Waals surface area contributed by atoms with Crippen LogP contribution in [0.2, 0.25) is 0 Å². The van der Waals surface area contributed by atoms with Crippen molar-refractivity contribution in [1.29, 1.82) is 0 Å². The lowest BCUT2D eigenvalue weighted by Gasteiger charge is -2.15. The van der Waals surface area contributed by atoms with Crippen molar-refractivity contribution in [2.75, 3.05) is 16.4 Å². The standard InChI is InChI=1S/C27H25N7OS2/c1-15(2)21-10-9-20-24(32-21)29-14-30-25(20)33-22-12-17(26(35)34-27-31-16(3)13-36-27)4-11-23(22)37-19-7-5-18(28)6-8-19/h4-15H,28H2,1-3H3,(H,31,34,35)(H,29,30,32,33). The van der Waals surface area contributed by atoms with E-state index < -0.39 is 0 Å². The van der Waals surface area contributed by atoms with Crippen molar-refractivity contribution in [3.8, 4) is 0 Å². The summed E-state index contributed by atoms with van der Waals surface area (Å²) < 4.78 is 0. The third-order valence-electron chi connectivity index (χ3n) is 5.55. The average Bonchev–Trinajstić information content (AvgIpc) is 3.30. The molecule has 0 unspecified atom stereocenters. The molecule has 0 radical (unpaired) electrons. The van der Waals surface area contributed by atoms with Crippen molar-refractivity contribution < 1.29 is 4.79 Å². The first-order chi connectivity index (χ1) is 17.9. The number of nitrogens with zero attached hydrogens (tertiary/aromatic N) is 4. The number of carbonyl (C=O) groups is 1. The zero-order valence-electron chi connectivity index (χ0n) is 20.5. The van der Waals surface area contributed by atoms with Crippen LogP contribution in [-0.2, 0) is 0 Å². The zero-order valence-corrected chi connectivity index (χ0v) is 22.2. The molecule has 0 bridgehead atoms. The number of rotatable bonds is 7. The van der Waals surface area contributed by atoms with Gasteiger partial charge in [0.05, 0.1) is 16.8 Å². The van der Waals surface area contributed by atoms with E-state index in [0.717, 1.165) is 32.3 Å². The van der Waals surface area contributed by atoms with E-state index in [9.17, 15) is 4.79 Å². The summed E-state index contributed by atoms with van der Waals surface area (Å²) in [7, 11) is 0. The highest BCUT2D eigenvalue weighted by Gasteiger charge is 2.15. The summed E-state index contributed by atoms with van der Waals surface area (Å²) in [5, 5.41) is 9.56. The highest BCUT2D eigenvalue weighted by molar-refractivity contribution is 7.99. The minimum absolute atomic E-state index is 0.239. The van der Waals surface area contributed by atoms with E-state index in [1.165, 1.54) is 17.7 Å². The van der Waals surface area contributed by atoms with Crippen LogP contribution < -0.4 is 16.4 Å². The number of benzene rings is 2. The van der Waals surface area contributed by atoms with Crippen LogP contribution in [0.5, 0.6) is 0 Å². The quantitative estimate of drug-likeness (QED) is 0.202. The molecule has 3 heterocycles. The molecule has 8 nitrogen and oxygen atoms in total. The smallest absolute Gasteiger partial charge is 0.257 e. The van der Waals surface area contributed by atoms with Gasteiger partial charge in [0, 0.05) is 32.1 Å². The van der Waals surface area contributed by atoms with Gasteiger partial charge in [-0.05, 0) is 67.4 Å². The lowest BCUT2D eigenvalue weighted by atomic mass is 10.1. The number of nitrogen functional groups attached to an aromatic ring is 1. The Hall–Kier alpha value is -4.02. The van der Waals surface area contributed by atoms with E-state index in [-0.39, 0.29) is 11.8 Å². The van der Waals surface area contributed by atoms with Crippen LogP contribution in [0.3, 0.4) is 0 Å². The van der Waals surface area contributed by atoms with Gasteiger partial charge in [0.2, 0.25) is 0 Å². The summed E-state index contributed by atoms with van der Waals surface area (Å²) in [5.74, 6) is 0.660. The van der Waals surface area contributed by atoms with Crippen LogP contribution in [0.4, 0.5) is 22.3 Å². The van der Waals surface area contributed by atoms with Crippen molar-refractivity contribution >= 4 is 62.4 Å². The van der Waals surface area contributed by atoms with Crippen molar-refractivity contribution in [3.63, 3.8) is 0 Å². The van der Waals surface area contributed by atoms with E-state index in [1.54, 1.807) is 17.8 Å². The molecule has 37 heavy (non-hydrogen) atoms. The van der Waals surface area contributed by atoms with E-state index >= 15 is 0 Å². The number of nitrogens with one attached hydrogen (secondary N) is 2. The predicted octanol–water partition coefficient (Wildman–Crippen LogP) is 6.64. The largest absolute Gasteiger partial charge is 0.399 e. The van der Waals surface area contributed by atoms with E-state index in [4.69, 9.17) is 10.7 Å². The minimum Gasteiger partial charge on any atom is -0.399 e. The Balaban J connectivity index is 1.52. The van der Waals surface area contributed by atoms with Gasteiger partial charge in [0.25, 0.3) is 5.91 Å². The fraction of sp³-hybridized carbons (Fsp3) is 0.148. The van der Waals surface area contributed by atoms with Gasteiger partial charge in [-0.15, -0.1) is 11.3 Å². The van der Waals surface area contributed by atoms with Gasteiger partial charge in [-0.1, -0.05) is 25.6 Å². The minimum atomic E-state index is -0.239. The Labute approximate surface area is 222 Å². The highest BCUT2D eigenvalue weighted by Crippen LogP contribution is 2.37. The number of hydrogen-bond acceptors (Lipinski definition) is 9. The third-order valence-corrected chi connectivity index (χ3v) is 7.51. The van der Waals surface area contributed by atoms with Gasteiger partial charge in [0.1, 0.15) is 12.1 Å². The molecular formula is C27H25N7OS2. The van der Waals surface area contributed by atoms with Crippen LogP contribution in [0.1, 0.15) is 41.5 Å². The number of carbonyl (C=O) groups excluding carboxylic acids is 1. The number of pyridine rings is 1. The molecule has 5 aromatic rings. The number of amides is 1. The Morgan fingerprint density at radius 3 is 2.57 bits per heavy atom. The molecule has 2 aromatic carbocycles. The second kappa shape index (κ2) is 10.5. The van der Waals surface area contributed by atoms with Gasteiger partial charge < -0.3 is 11.1 Å². The Morgan fingerprint density at radius 1 is 1.03 bits per heavy atom. The second-order valence-corrected chi connectivity index (χ2v) is 10.7. The van der Waals surface area contributed by atoms with E-state index in [2.05, 4.69) is 39.4 Å². The summed E-state index contributed by atoms with van der Waals surface area (Å²) in [6.45, 7) is 6.08. The molecule has 186 valence electrons. The van der Waals surface area contributed by atoms with Crippen LogP contribution in [0.25, 0.3) is 11.0 Å². The molecule has 0 aliphatic carbocycles. The van der Waals surface area contributed by atoms with Crippen molar-refractivity contribution in [1.82, 2.24) is 19.9 Å². The number of nitrogens with two attached hydrogens (primary N) is 1. The molecule has 0 saturated heterocycles. The molecule has 5 rings (SSSR count). The maximum absolute atomic E-state index is 13.0. The summed E-state index contributed by atoms with van der Waals surface area (Å²) in [6, 6.07) is 17.2. The topological polar surface area (TPSA) is 119 Å².